The van der Waals surface area contributed by atoms with Gasteiger partial charge in [0.15, 0.2) is 0 Å². The number of carbonyl (C=O) groups excluding carboxylic acids is 2. The van der Waals surface area contributed by atoms with Crippen LogP contribution >= 0.6 is 0 Å². The maximum absolute atomic E-state index is 12.8. The van der Waals surface area contributed by atoms with Crippen molar-refractivity contribution in [3.05, 3.63) is 35.4 Å². The van der Waals surface area contributed by atoms with Crippen LogP contribution in [0.3, 0.4) is 0 Å². The molecule has 4 aliphatic rings. The zero-order valence-corrected chi connectivity index (χ0v) is 14.7. The van der Waals surface area contributed by atoms with Gasteiger partial charge in [0.25, 0.3) is 0 Å². The Morgan fingerprint density at radius 1 is 1.32 bits per heavy atom. The third-order valence-corrected chi connectivity index (χ3v) is 7.10. The standard InChI is InChI=1S/C20H24N2O3/c1-12-5-3-4-6-14(12)16-15-9-22(10-19(15,16)2)17(23)13-7-20(8-13)11-25-18(24)21-20/h3-6,13,15-16H,7-11H2,1-2H3,(H,21,24)/t13?,15-,16-,19-,20?/m0/s1. The SMILES string of the molecule is Cc1ccccc1[C@H]1[C@@H]2CN(C(=O)C3CC4(COC(=O)N4)C3)C[C@@]21C. The van der Waals surface area contributed by atoms with Crippen molar-refractivity contribution in [3.8, 4) is 0 Å². The molecule has 3 atom stereocenters. The predicted molar refractivity (Wildman–Crippen MR) is 92.0 cm³/mol. The maximum Gasteiger partial charge on any atom is 0.407 e. The Kier molecular flexibility index (Phi) is 2.91. The van der Waals surface area contributed by atoms with E-state index >= 15 is 0 Å². The van der Waals surface area contributed by atoms with Crippen LogP contribution < -0.4 is 5.32 Å². The van der Waals surface area contributed by atoms with E-state index in [4.69, 9.17) is 4.74 Å². The van der Waals surface area contributed by atoms with E-state index < -0.39 is 0 Å². The van der Waals surface area contributed by atoms with E-state index in [9.17, 15) is 9.59 Å². The number of hydrogen-bond acceptors (Lipinski definition) is 3. The first kappa shape index (κ1) is 15.2. The minimum atomic E-state index is -0.345. The van der Waals surface area contributed by atoms with Gasteiger partial charge in [0.1, 0.15) is 6.61 Å². The first-order chi connectivity index (χ1) is 11.9. The number of amides is 2. The fourth-order valence-corrected chi connectivity index (χ4v) is 5.61. The summed E-state index contributed by atoms with van der Waals surface area (Å²) >= 11 is 0. The minimum absolute atomic E-state index is 0.0417. The summed E-state index contributed by atoms with van der Waals surface area (Å²) in [6.07, 6.45) is 1.09. The van der Waals surface area contributed by atoms with Crippen LogP contribution in [0.2, 0.25) is 0 Å². The second kappa shape index (κ2) is 4.77. The van der Waals surface area contributed by atoms with Gasteiger partial charge < -0.3 is 15.0 Å². The first-order valence-electron chi connectivity index (χ1n) is 9.21. The van der Waals surface area contributed by atoms with Crippen molar-refractivity contribution in [3.63, 3.8) is 0 Å². The molecule has 1 spiro atoms. The summed E-state index contributed by atoms with van der Waals surface area (Å²) < 4.78 is 5.00. The molecule has 4 fully saturated rings. The maximum atomic E-state index is 12.8. The third-order valence-electron chi connectivity index (χ3n) is 7.10. The number of rotatable bonds is 2. The number of cyclic esters (lactones) is 1. The van der Waals surface area contributed by atoms with Crippen molar-refractivity contribution < 1.29 is 14.3 Å². The van der Waals surface area contributed by atoms with Crippen LogP contribution in [0, 0.1) is 24.2 Å². The monoisotopic (exact) mass is 340 g/mol. The number of nitrogens with zero attached hydrogens (tertiary/aromatic N) is 1. The number of nitrogens with one attached hydrogen (secondary N) is 1. The molecule has 1 aromatic carbocycles. The summed E-state index contributed by atoms with van der Waals surface area (Å²) in [5.74, 6) is 1.48. The minimum Gasteiger partial charge on any atom is -0.447 e. The fraction of sp³-hybridized carbons (Fsp3) is 0.600. The second-order valence-corrected chi connectivity index (χ2v) is 8.75. The molecule has 2 heterocycles. The molecule has 5 heteroatoms. The topological polar surface area (TPSA) is 58.6 Å². The summed E-state index contributed by atoms with van der Waals surface area (Å²) in [6, 6.07) is 8.64. The lowest BCUT2D eigenvalue weighted by molar-refractivity contribution is -0.140. The highest BCUT2D eigenvalue weighted by atomic mass is 16.6. The summed E-state index contributed by atoms with van der Waals surface area (Å²) in [5.41, 5.74) is 2.77. The molecule has 2 aliphatic carbocycles. The number of likely N-dealkylation sites (tertiary alicyclic amines) is 1. The van der Waals surface area contributed by atoms with E-state index in [-0.39, 0.29) is 28.9 Å². The first-order valence-corrected chi connectivity index (χ1v) is 9.21. The Labute approximate surface area is 147 Å². The lowest BCUT2D eigenvalue weighted by Crippen LogP contribution is -2.58. The highest BCUT2D eigenvalue weighted by Crippen LogP contribution is 2.68. The van der Waals surface area contributed by atoms with Gasteiger partial charge in [0, 0.05) is 19.0 Å². The summed E-state index contributed by atoms with van der Waals surface area (Å²) in [4.78, 5) is 26.1. The molecule has 132 valence electrons. The van der Waals surface area contributed by atoms with Gasteiger partial charge >= 0.3 is 6.09 Å². The molecule has 0 unspecified atom stereocenters. The molecule has 0 bridgehead atoms. The number of fused-ring (bicyclic) bond motifs is 1. The highest BCUT2D eigenvalue weighted by molar-refractivity contribution is 5.82. The van der Waals surface area contributed by atoms with E-state index in [0.29, 0.717) is 18.4 Å². The number of benzene rings is 1. The van der Waals surface area contributed by atoms with Crippen LogP contribution in [0.25, 0.3) is 0 Å². The summed E-state index contributed by atoms with van der Waals surface area (Å²) in [7, 11) is 0. The van der Waals surface area contributed by atoms with Crippen LogP contribution in [0.15, 0.2) is 24.3 Å². The molecule has 1 aromatic rings. The average molecular weight is 340 g/mol. The van der Waals surface area contributed by atoms with Crippen molar-refractivity contribution in [2.75, 3.05) is 19.7 Å². The molecular weight excluding hydrogens is 316 g/mol. The second-order valence-electron chi connectivity index (χ2n) is 8.75. The lowest BCUT2D eigenvalue weighted by atomic mass is 9.68. The molecular formula is C20H24N2O3. The van der Waals surface area contributed by atoms with Gasteiger partial charge in [0.2, 0.25) is 5.91 Å². The summed E-state index contributed by atoms with van der Waals surface area (Å²) in [6.45, 7) is 6.66. The molecule has 5 nitrogen and oxygen atoms in total. The third kappa shape index (κ3) is 2.07. The normalized spacial score (nSPS) is 41.1. The quantitative estimate of drug-likeness (QED) is 0.900. The van der Waals surface area contributed by atoms with Crippen molar-refractivity contribution in [1.29, 1.82) is 0 Å². The zero-order valence-electron chi connectivity index (χ0n) is 14.7. The van der Waals surface area contributed by atoms with Gasteiger partial charge in [-0.15, -0.1) is 0 Å². The van der Waals surface area contributed by atoms with Crippen molar-refractivity contribution in [2.24, 2.45) is 17.3 Å². The Morgan fingerprint density at radius 3 is 2.68 bits per heavy atom. The Morgan fingerprint density at radius 2 is 2.08 bits per heavy atom. The number of hydrogen-bond donors (Lipinski definition) is 1. The Bertz CT molecular complexity index is 770. The van der Waals surface area contributed by atoms with E-state index in [0.717, 1.165) is 25.9 Å². The molecule has 2 saturated carbocycles. The molecule has 2 aliphatic heterocycles. The molecule has 0 radical (unpaired) electrons. The van der Waals surface area contributed by atoms with Crippen LogP contribution in [0.1, 0.15) is 36.8 Å². The predicted octanol–water partition coefficient (Wildman–Crippen LogP) is 2.45. The van der Waals surface area contributed by atoms with E-state index in [1.54, 1.807) is 0 Å². The molecule has 0 aromatic heterocycles. The number of alkyl carbamates (subject to hydrolysis) is 1. The van der Waals surface area contributed by atoms with Gasteiger partial charge in [-0.2, -0.15) is 0 Å². The fourth-order valence-electron chi connectivity index (χ4n) is 5.61. The largest absolute Gasteiger partial charge is 0.447 e. The van der Waals surface area contributed by atoms with Gasteiger partial charge in [-0.3, -0.25) is 4.79 Å². The Hall–Kier alpha value is -2.04. The van der Waals surface area contributed by atoms with Gasteiger partial charge in [-0.05, 0) is 48.1 Å². The van der Waals surface area contributed by atoms with Gasteiger partial charge in [0.05, 0.1) is 5.54 Å². The van der Waals surface area contributed by atoms with E-state index in [2.05, 4.69) is 48.3 Å². The zero-order chi connectivity index (χ0) is 17.4. The van der Waals surface area contributed by atoms with Crippen LogP contribution in [-0.2, 0) is 9.53 Å². The van der Waals surface area contributed by atoms with E-state index in [1.807, 2.05) is 0 Å². The molecule has 2 saturated heterocycles. The number of piperidine rings is 1. The van der Waals surface area contributed by atoms with E-state index in [1.165, 1.54) is 11.1 Å². The van der Waals surface area contributed by atoms with Crippen LogP contribution in [-0.4, -0.2) is 42.1 Å². The highest BCUT2D eigenvalue weighted by Gasteiger charge is 2.67. The van der Waals surface area contributed by atoms with Crippen LogP contribution in [0.4, 0.5) is 4.79 Å². The molecule has 1 N–H and O–H groups in total. The Balaban J connectivity index is 1.23. The molecule has 2 amide bonds. The van der Waals surface area contributed by atoms with Gasteiger partial charge in [-0.25, -0.2) is 4.79 Å². The van der Waals surface area contributed by atoms with Gasteiger partial charge in [-0.1, -0.05) is 31.2 Å². The van der Waals surface area contributed by atoms with Crippen molar-refractivity contribution in [1.82, 2.24) is 10.2 Å². The number of aryl methyl sites for hydroxylation is 1. The van der Waals surface area contributed by atoms with Crippen molar-refractivity contribution >= 4 is 12.0 Å². The number of ether oxygens (including phenoxy) is 1. The summed E-state index contributed by atoms with van der Waals surface area (Å²) in [5, 5.41) is 2.87. The van der Waals surface area contributed by atoms with Crippen molar-refractivity contribution in [2.45, 2.75) is 38.1 Å². The lowest BCUT2D eigenvalue weighted by Gasteiger charge is -2.43. The molecule has 5 rings (SSSR count). The van der Waals surface area contributed by atoms with Crippen LogP contribution in [0.5, 0.6) is 0 Å². The smallest absolute Gasteiger partial charge is 0.407 e. The average Bonchev–Trinajstić information content (AvgIpc) is 2.88. The molecule has 25 heavy (non-hydrogen) atoms. The number of carbonyl (C=O) groups is 2.